The van der Waals surface area contributed by atoms with Crippen molar-refractivity contribution >= 4 is 44.8 Å². The molecule has 19 heavy (non-hydrogen) atoms. The number of carbonyl (C=O) groups excluding carboxylic acids is 1. The first-order valence-corrected chi connectivity index (χ1v) is 7.99. The van der Waals surface area contributed by atoms with Gasteiger partial charge < -0.3 is 10.6 Å². The molecule has 0 radical (unpaired) electrons. The van der Waals surface area contributed by atoms with Gasteiger partial charge >= 0.3 is 0 Å². The number of nitrogens with two attached hydrogens (primary N) is 1. The van der Waals surface area contributed by atoms with Gasteiger partial charge in [0.25, 0.3) is 5.91 Å². The Morgan fingerprint density at radius 2 is 2.05 bits per heavy atom. The minimum Gasteiger partial charge on any atom is -0.397 e. The number of hydrogen-bond acceptors (Lipinski definition) is 4. The normalized spacial score (nSPS) is 15.9. The zero-order valence-corrected chi connectivity index (χ0v) is 11.8. The zero-order chi connectivity index (χ0) is 13.4. The molecule has 6 heteroatoms. The largest absolute Gasteiger partial charge is 0.397 e. The van der Waals surface area contributed by atoms with E-state index in [2.05, 4.69) is 0 Å². The molecule has 0 bridgehead atoms. The van der Waals surface area contributed by atoms with Crippen LogP contribution in [-0.2, 0) is 0 Å². The molecule has 0 spiro atoms. The number of amides is 1. The molecule has 0 aliphatic carbocycles. The highest BCUT2D eigenvalue weighted by Gasteiger charge is 2.24. The molecule has 1 aromatic carbocycles. The van der Waals surface area contributed by atoms with Gasteiger partial charge in [0, 0.05) is 29.3 Å². The Morgan fingerprint density at radius 3 is 2.74 bits per heavy atom. The molecule has 1 fully saturated rings. The number of carbonyl (C=O) groups is 1. The summed E-state index contributed by atoms with van der Waals surface area (Å²) >= 11 is 3.12. The first-order valence-electron chi connectivity index (χ1n) is 6.02. The molecule has 1 aromatic heterocycles. The first-order chi connectivity index (χ1) is 9.18. The Morgan fingerprint density at radius 1 is 1.32 bits per heavy atom. The molecule has 100 valence electrons. The third-order valence-electron chi connectivity index (χ3n) is 3.19. The molecule has 0 unspecified atom stereocenters. The zero-order valence-electron chi connectivity index (χ0n) is 10.2. The second-order valence-electron chi connectivity index (χ2n) is 4.36. The fraction of sp³-hybridized carbons (Fsp3) is 0.308. The van der Waals surface area contributed by atoms with Crippen LogP contribution in [0.3, 0.4) is 0 Å². The van der Waals surface area contributed by atoms with Crippen LogP contribution < -0.4 is 5.73 Å². The maximum Gasteiger partial charge on any atom is 0.266 e. The Kier molecular flexibility index (Phi) is 3.36. The van der Waals surface area contributed by atoms with E-state index in [4.69, 9.17) is 5.73 Å². The lowest BCUT2D eigenvalue weighted by molar-refractivity contribution is 0.0778. The van der Waals surface area contributed by atoms with E-state index in [0.29, 0.717) is 10.3 Å². The van der Waals surface area contributed by atoms with Gasteiger partial charge in [0.1, 0.15) is 10.7 Å². The summed E-state index contributed by atoms with van der Waals surface area (Å²) in [5, 5.41) is 0.377. The molecule has 1 saturated heterocycles. The van der Waals surface area contributed by atoms with E-state index in [1.807, 2.05) is 11.8 Å². The monoisotopic (exact) mass is 296 g/mol. The first kappa shape index (κ1) is 12.7. The van der Waals surface area contributed by atoms with Gasteiger partial charge in [0.05, 0.1) is 11.1 Å². The lowest BCUT2D eigenvalue weighted by atomic mass is 10.2. The van der Waals surface area contributed by atoms with E-state index in [9.17, 15) is 9.18 Å². The van der Waals surface area contributed by atoms with Crippen molar-refractivity contribution in [3.05, 3.63) is 28.9 Å². The van der Waals surface area contributed by atoms with E-state index in [1.54, 1.807) is 17.0 Å². The third kappa shape index (κ3) is 2.19. The Bertz CT molecular complexity index is 635. The summed E-state index contributed by atoms with van der Waals surface area (Å²) in [6, 6.07) is 4.80. The van der Waals surface area contributed by atoms with Gasteiger partial charge in [-0.25, -0.2) is 4.39 Å². The van der Waals surface area contributed by atoms with Crippen molar-refractivity contribution in [3.63, 3.8) is 0 Å². The van der Waals surface area contributed by atoms with Crippen LogP contribution in [0.15, 0.2) is 18.2 Å². The number of rotatable bonds is 1. The van der Waals surface area contributed by atoms with E-state index < -0.39 is 0 Å². The van der Waals surface area contributed by atoms with Gasteiger partial charge in [-0.15, -0.1) is 11.3 Å². The summed E-state index contributed by atoms with van der Waals surface area (Å²) in [6.07, 6.45) is 0. The Balaban J connectivity index is 2.03. The summed E-state index contributed by atoms with van der Waals surface area (Å²) in [5.74, 6) is 1.47. The van der Waals surface area contributed by atoms with Gasteiger partial charge in [0.2, 0.25) is 0 Å². The third-order valence-corrected chi connectivity index (χ3v) is 5.30. The van der Waals surface area contributed by atoms with Gasteiger partial charge in [-0.3, -0.25) is 4.79 Å². The van der Waals surface area contributed by atoms with Gasteiger partial charge in [-0.1, -0.05) is 6.07 Å². The fourth-order valence-electron chi connectivity index (χ4n) is 2.20. The molecule has 3 rings (SSSR count). The van der Waals surface area contributed by atoms with Crippen LogP contribution in [0, 0.1) is 5.82 Å². The molecule has 0 saturated carbocycles. The average Bonchev–Trinajstić information content (AvgIpc) is 2.78. The summed E-state index contributed by atoms with van der Waals surface area (Å²) in [6.45, 7) is 1.47. The predicted molar refractivity (Wildman–Crippen MR) is 79.4 cm³/mol. The van der Waals surface area contributed by atoms with Crippen molar-refractivity contribution in [1.29, 1.82) is 0 Å². The molecule has 1 aliphatic heterocycles. The van der Waals surface area contributed by atoms with Crippen LogP contribution in [0.2, 0.25) is 0 Å². The van der Waals surface area contributed by atoms with E-state index >= 15 is 0 Å². The van der Waals surface area contributed by atoms with Crippen LogP contribution in [0.4, 0.5) is 10.1 Å². The van der Waals surface area contributed by atoms with Crippen LogP contribution in [0.1, 0.15) is 9.67 Å². The van der Waals surface area contributed by atoms with Crippen LogP contribution in [0.25, 0.3) is 10.1 Å². The number of hydrogen-bond donors (Lipinski definition) is 1. The Hall–Kier alpha value is -1.27. The van der Waals surface area contributed by atoms with Crippen molar-refractivity contribution in [1.82, 2.24) is 4.90 Å². The highest BCUT2D eigenvalue weighted by atomic mass is 32.2. The average molecular weight is 296 g/mol. The molecule has 2 N–H and O–H groups in total. The van der Waals surface area contributed by atoms with Crippen molar-refractivity contribution in [2.24, 2.45) is 0 Å². The lowest BCUT2D eigenvalue weighted by Gasteiger charge is -2.26. The molecular formula is C13H13FN2OS2. The smallest absolute Gasteiger partial charge is 0.266 e. The van der Waals surface area contributed by atoms with E-state index in [-0.39, 0.29) is 17.4 Å². The van der Waals surface area contributed by atoms with E-state index in [1.165, 1.54) is 17.4 Å². The molecule has 2 aromatic rings. The molecular weight excluding hydrogens is 283 g/mol. The topological polar surface area (TPSA) is 46.3 Å². The molecule has 0 atom stereocenters. The lowest BCUT2D eigenvalue weighted by Crippen LogP contribution is -2.37. The summed E-state index contributed by atoms with van der Waals surface area (Å²) in [4.78, 5) is 14.7. The highest BCUT2D eigenvalue weighted by Crippen LogP contribution is 2.36. The van der Waals surface area contributed by atoms with Crippen molar-refractivity contribution in [2.45, 2.75) is 0 Å². The maximum absolute atomic E-state index is 13.8. The SMILES string of the molecule is Nc1c(C(=O)N2CCSCC2)sc2cccc(F)c12. The standard InChI is InChI=1S/C13H13FN2OS2/c14-8-2-1-3-9-10(8)11(15)12(19-9)13(17)16-4-6-18-7-5-16/h1-3H,4-7,15H2. The number of nitrogens with zero attached hydrogens (tertiary/aromatic N) is 1. The number of thiophene rings is 1. The number of halogens is 1. The second kappa shape index (κ2) is 5.02. The molecule has 1 amide bonds. The number of nitrogen functional groups attached to an aromatic ring is 1. The van der Waals surface area contributed by atoms with Crippen molar-refractivity contribution in [3.8, 4) is 0 Å². The van der Waals surface area contributed by atoms with E-state index in [0.717, 1.165) is 29.3 Å². The molecule has 1 aliphatic rings. The summed E-state index contributed by atoms with van der Waals surface area (Å²) < 4.78 is 14.5. The fourth-order valence-corrected chi connectivity index (χ4v) is 4.21. The summed E-state index contributed by atoms with van der Waals surface area (Å²) in [5.41, 5.74) is 6.24. The number of thioether (sulfide) groups is 1. The molecule has 2 heterocycles. The number of anilines is 1. The van der Waals surface area contributed by atoms with Gasteiger partial charge in [0.15, 0.2) is 0 Å². The van der Waals surface area contributed by atoms with Gasteiger partial charge in [-0.05, 0) is 12.1 Å². The van der Waals surface area contributed by atoms with Crippen molar-refractivity contribution in [2.75, 3.05) is 30.3 Å². The van der Waals surface area contributed by atoms with Crippen LogP contribution in [-0.4, -0.2) is 35.4 Å². The van der Waals surface area contributed by atoms with Crippen LogP contribution >= 0.6 is 23.1 Å². The quantitative estimate of drug-likeness (QED) is 0.880. The number of fused-ring (bicyclic) bond motifs is 1. The number of benzene rings is 1. The molecule has 3 nitrogen and oxygen atoms in total. The second-order valence-corrected chi connectivity index (χ2v) is 6.64. The minimum absolute atomic E-state index is 0.0709. The predicted octanol–water partition coefficient (Wildman–Crippen LogP) is 2.81. The van der Waals surface area contributed by atoms with Gasteiger partial charge in [-0.2, -0.15) is 11.8 Å². The van der Waals surface area contributed by atoms with Crippen LogP contribution in [0.5, 0.6) is 0 Å². The highest BCUT2D eigenvalue weighted by molar-refractivity contribution is 7.99. The van der Waals surface area contributed by atoms with Crippen molar-refractivity contribution < 1.29 is 9.18 Å². The summed E-state index contributed by atoms with van der Waals surface area (Å²) in [7, 11) is 0. The Labute approximate surface area is 118 Å². The maximum atomic E-state index is 13.8. The minimum atomic E-state index is -0.362.